The van der Waals surface area contributed by atoms with Gasteiger partial charge in [-0.1, -0.05) is 22.0 Å². The number of anilines is 2. The first-order chi connectivity index (χ1) is 18.4. The number of nitrogens with zero attached hydrogens (tertiary/aromatic N) is 1. The molecule has 5 rings (SSSR count). The minimum atomic E-state index is -0.563. The molecule has 11 heteroatoms. The summed E-state index contributed by atoms with van der Waals surface area (Å²) in [6.07, 6.45) is 0.109. The van der Waals surface area contributed by atoms with E-state index in [1.165, 1.54) is 12.1 Å². The first-order valence-electron chi connectivity index (χ1n) is 11.8. The summed E-state index contributed by atoms with van der Waals surface area (Å²) in [5.74, 6) is -0.185. The summed E-state index contributed by atoms with van der Waals surface area (Å²) >= 11 is 3.16. The Bertz CT molecular complexity index is 1380. The quantitative estimate of drug-likeness (QED) is 0.415. The van der Waals surface area contributed by atoms with Crippen LogP contribution >= 0.6 is 15.9 Å². The van der Waals surface area contributed by atoms with E-state index in [9.17, 15) is 18.8 Å². The third-order valence-corrected chi connectivity index (χ3v) is 6.62. The highest BCUT2D eigenvalue weighted by molar-refractivity contribution is 9.10. The summed E-state index contributed by atoms with van der Waals surface area (Å²) in [5, 5.41) is 5.34. The number of fused-ring (bicyclic) bond motifs is 1. The van der Waals surface area contributed by atoms with Gasteiger partial charge in [0.2, 0.25) is 18.6 Å². The second kappa shape index (κ2) is 11.1. The molecule has 2 heterocycles. The van der Waals surface area contributed by atoms with Crippen molar-refractivity contribution >= 4 is 45.0 Å². The Morgan fingerprint density at radius 2 is 1.84 bits per heavy atom. The molecular weight excluding hydrogens is 561 g/mol. The Morgan fingerprint density at radius 3 is 2.63 bits per heavy atom. The van der Waals surface area contributed by atoms with Gasteiger partial charge in [0.05, 0.1) is 11.6 Å². The molecule has 2 aliphatic rings. The Labute approximate surface area is 226 Å². The number of carbonyl (C=O) groups excluding carboxylic acids is 3. The van der Waals surface area contributed by atoms with E-state index in [0.717, 1.165) is 5.56 Å². The molecule has 38 heavy (non-hydrogen) atoms. The van der Waals surface area contributed by atoms with Crippen LogP contribution in [0.5, 0.6) is 17.2 Å². The second-order valence-corrected chi connectivity index (χ2v) is 9.68. The number of nitrogens with one attached hydrogen (secondary N) is 2. The highest BCUT2D eigenvalue weighted by atomic mass is 79.9. The number of rotatable bonds is 8. The fourth-order valence-corrected chi connectivity index (χ4v) is 4.50. The van der Waals surface area contributed by atoms with Gasteiger partial charge in [0.15, 0.2) is 18.1 Å². The molecular formula is C27H23BrFN3O6. The van der Waals surface area contributed by atoms with Crippen molar-refractivity contribution in [2.75, 3.05) is 30.2 Å². The smallest absolute Gasteiger partial charge is 0.262 e. The summed E-state index contributed by atoms with van der Waals surface area (Å²) in [7, 11) is 0. The molecule has 1 saturated heterocycles. The fourth-order valence-electron chi connectivity index (χ4n) is 4.17. The first kappa shape index (κ1) is 25.5. The lowest BCUT2D eigenvalue weighted by molar-refractivity contribution is -0.126. The summed E-state index contributed by atoms with van der Waals surface area (Å²) < 4.78 is 30.6. The van der Waals surface area contributed by atoms with Crippen molar-refractivity contribution in [1.29, 1.82) is 0 Å². The lowest BCUT2D eigenvalue weighted by Gasteiger charge is -2.17. The average Bonchev–Trinajstić information content (AvgIpc) is 3.54. The molecule has 0 aromatic heterocycles. The van der Waals surface area contributed by atoms with E-state index in [2.05, 4.69) is 26.6 Å². The zero-order valence-corrected chi connectivity index (χ0v) is 21.6. The van der Waals surface area contributed by atoms with Crippen molar-refractivity contribution in [2.45, 2.75) is 13.0 Å². The van der Waals surface area contributed by atoms with E-state index in [1.54, 1.807) is 41.3 Å². The molecule has 2 aliphatic heterocycles. The van der Waals surface area contributed by atoms with Gasteiger partial charge in [0.25, 0.3) is 5.91 Å². The molecule has 0 aliphatic carbocycles. The van der Waals surface area contributed by atoms with Gasteiger partial charge in [-0.15, -0.1) is 0 Å². The van der Waals surface area contributed by atoms with Crippen LogP contribution in [0.1, 0.15) is 12.0 Å². The molecule has 196 valence electrons. The predicted octanol–water partition coefficient (Wildman–Crippen LogP) is 4.00. The number of halogens is 2. The second-order valence-electron chi connectivity index (χ2n) is 8.77. The van der Waals surface area contributed by atoms with Crippen LogP contribution in [0.15, 0.2) is 65.1 Å². The van der Waals surface area contributed by atoms with Gasteiger partial charge in [0.1, 0.15) is 11.6 Å². The number of hydrogen-bond acceptors (Lipinski definition) is 6. The first-order valence-corrected chi connectivity index (χ1v) is 12.6. The van der Waals surface area contributed by atoms with Crippen LogP contribution in [0.2, 0.25) is 0 Å². The molecule has 3 aromatic rings. The summed E-state index contributed by atoms with van der Waals surface area (Å²) in [6.45, 7) is 0.437. The van der Waals surface area contributed by atoms with Crippen molar-refractivity contribution in [3.8, 4) is 17.2 Å². The Balaban J connectivity index is 1.11. The van der Waals surface area contributed by atoms with E-state index in [4.69, 9.17) is 14.2 Å². The Morgan fingerprint density at radius 1 is 1.05 bits per heavy atom. The highest BCUT2D eigenvalue weighted by Crippen LogP contribution is 2.32. The standard InChI is InChI=1S/C27H23BrFN3O6/c28-18-2-7-22(21(29)11-18)31-25(33)14-36-20-5-3-19(4-6-20)32-13-17(10-26(32)34)27(35)30-12-16-1-8-23-24(9-16)38-15-37-23/h1-9,11,17H,10,12-15H2,(H,30,35)(H,31,33)/t17-/m1/s1. The third kappa shape index (κ3) is 5.88. The van der Waals surface area contributed by atoms with Crippen molar-refractivity contribution < 1.29 is 33.0 Å². The highest BCUT2D eigenvalue weighted by Gasteiger charge is 2.35. The van der Waals surface area contributed by atoms with E-state index in [-0.39, 0.29) is 43.9 Å². The van der Waals surface area contributed by atoms with E-state index in [1.807, 2.05) is 12.1 Å². The maximum Gasteiger partial charge on any atom is 0.262 e. The van der Waals surface area contributed by atoms with E-state index < -0.39 is 17.6 Å². The molecule has 0 saturated carbocycles. The van der Waals surface area contributed by atoms with E-state index in [0.29, 0.717) is 34.0 Å². The molecule has 3 amide bonds. The van der Waals surface area contributed by atoms with Crippen molar-refractivity contribution in [1.82, 2.24) is 5.32 Å². The van der Waals surface area contributed by atoms with Gasteiger partial charge in [0, 0.05) is 29.7 Å². The number of amides is 3. The molecule has 0 unspecified atom stereocenters. The maximum atomic E-state index is 13.9. The number of benzene rings is 3. The van der Waals surface area contributed by atoms with Crippen LogP contribution in [-0.2, 0) is 20.9 Å². The van der Waals surface area contributed by atoms with Crippen LogP contribution in [-0.4, -0.2) is 37.7 Å². The van der Waals surface area contributed by atoms with Crippen LogP contribution in [0.4, 0.5) is 15.8 Å². The number of carbonyl (C=O) groups is 3. The Kier molecular flexibility index (Phi) is 7.45. The lowest BCUT2D eigenvalue weighted by atomic mass is 10.1. The molecule has 9 nitrogen and oxygen atoms in total. The molecule has 3 aromatic carbocycles. The van der Waals surface area contributed by atoms with Gasteiger partial charge >= 0.3 is 0 Å². The molecule has 1 atom stereocenters. The minimum absolute atomic E-state index is 0.0548. The fraction of sp³-hybridized carbons (Fsp3) is 0.222. The predicted molar refractivity (Wildman–Crippen MR) is 140 cm³/mol. The lowest BCUT2D eigenvalue weighted by Crippen LogP contribution is -2.32. The van der Waals surface area contributed by atoms with Gasteiger partial charge in [-0.3, -0.25) is 14.4 Å². The van der Waals surface area contributed by atoms with Crippen LogP contribution < -0.4 is 29.7 Å². The van der Waals surface area contributed by atoms with Gasteiger partial charge in [-0.05, 0) is 60.2 Å². The average molecular weight is 584 g/mol. The summed E-state index contributed by atoms with van der Waals surface area (Å²) in [4.78, 5) is 39.0. The van der Waals surface area contributed by atoms with Crippen LogP contribution in [0.3, 0.4) is 0 Å². The molecule has 0 spiro atoms. The minimum Gasteiger partial charge on any atom is -0.484 e. The van der Waals surface area contributed by atoms with Crippen LogP contribution in [0, 0.1) is 11.7 Å². The van der Waals surface area contributed by atoms with Crippen LogP contribution in [0.25, 0.3) is 0 Å². The van der Waals surface area contributed by atoms with Gasteiger partial charge < -0.3 is 29.7 Å². The zero-order chi connectivity index (χ0) is 26.6. The Hall–Kier alpha value is -4.12. The van der Waals surface area contributed by atoms with Crippen molar-refractivity contribution in [3.05, 3.63) is 76.5 Å². The molecule has 2 N–H and O–H groups in total. The zero-order valence-electron chi connectivity index (χ0n) is 20.0. The molecule has 1 fully saturated rings. The largest absolute Gasteiger partial charge is 0.484 e. The SMILES string of the molecule is O=C(COc1ccc(N2C[C@H](C(=O)NCc3ccc4c(c3)OCO4)CC2=O)cc1)Nc1ccc(Br)cc1F. The third-order valence-electron chi connectivity index (χ3n) is 6.12. The summed E-state index contributed by atoms with van der Waals surface area (Å²) in [5.41, 5.74) is 1.55. The van der Waals surface area contributed by atoms with Crippen molar-refractivity contribution in [2.24, 2.45) is 5.92 Å². The number of hydrogen-bond donors (Lipinski definition) is 2. The van der Waals surface area contributed by atoms with Gasteiger partial charge in [-0.25, -0.2) is 4.39 Å². The molecule has 0 radical (unpaired) electrons. The monoisotopic (exact) mass is 583 g/mol. The topological polar surface area (TPSA) is 106 Å². The number of ether oxygens (including phenoxy) is 3. The summed E-state index contributed by atoms with van der Waals surface area (Å²) in [6, 6.07) is 16.4. The normalized spacial score (nSPS) is 15.9. The van der Waals surface area contributed by atoms with Crippen molar-refractivity contribution in [3.63, 3.8) is 0 Å². The molecule has 0 bridgehead atoms. The maximum absolute atomic E-state index is 13.9. The van der Waals surface area contributed by atoms with E-state index >= 15 is 0 Å². The van der Waals surface area contributed by atoms with Gasteiger partial charge in [-0.2, -0.15) is 0 Å².